The lowest BCUT2D eigenvalue weighted by Gasteiger charge is -2.21. The Labute approximate surface area is 109 Å². The Morgan fingerprint density at radius 2 is 2.00 bits per heavy atom. The van der Waals surface area contributed by atoms with Crippen LogP contribution in [-0.4, -0.2) is 12.0 Å². The summed E-state index contributed by atoms with van der Waals surface area (Å²) in [6, 6.07) is 8.87. The average Bonchev–Trinajstić information content (AvgIpc) is 2.44. The van der Waals surface area contributed by atoms with Crippen molar-refractivity contribution >= 4 is 10.8 Å². The Hall–Kier alpha value is -1.41. The summed E-state index contributed by atoms with van der Waals surface area (Å²) in [4.78, 5) is 4.37. The fraction of sp³-hybridized carbons (Fsp3) is 0.438. The van der Waals surface area contributed by atoms with Crippen molar-refractivity contribution < 1.29 is 0 Å². The topological polar surface area (TPSA) is 24.9 Å². The highest BCUT2D eigenvalue weighted by molar-refractivity contribution is 5.85. The second-order valence-electron chi connectivity index (χ2n) is 5.04. The van der Waals surface area contributed by atoms with E-state index in [1.54, 1.807) is 0 Å². The van der Waals surface area contributed by atoms with Crippen molar-refractivity contribution in [3.05, 3.63) is 42.2 Å². The third kappa shape index (κ3) is 2.70. The molecule has 18 heavy (non-hydrogen) atoms. The normalized spacial score (nSPS) is 14.6. The summed E-state index contributed by atoms with van der Waals surface area (Å²) >= 11 is 0. The number of fused-ring (bicyclic) bond motifs is 1. The summed E-state index contributed by atoms with van der Waals surface area (Å²) in [5, 5.41) is 5.97. The van der Waals surface area contributed by atoms with Crippen molar-refractivity contribution in [2.24, 2.45) is 5.92 Å². The van der Waals surface area contributed by atoms with E-state index in [1.807, 2.05) is 19.4 Å². The molecule has 0 spiro atoms. The molecule has 0 fully saturated rings. The zero-order valence-electron chi connectivity index (χ0n) is 11.5. The molecule has 0 aliphatic rings. The minimum Gasteiger partial charge on any atom is -0.313 e. The largest absolute Gasteiger partial charge is 0.313 e. The van der Waals surface area contributed by atoms with E-state index in [4.69, 9.17) is 0 Å². The maximum absolute atomic E-state index is 4.37. The van der Waals surface area contributed by atoms with Gasteiger partial charge in [0.25, 0.3) is 0 Å². The van der Waals surface area contributed by atoms with Gasteiger partial charge in [-0.25, -0.2) is 0 Å². The van der Waals surface area contributed by atoms with E-state index in [2.05, 4.69) is 48.4 Å². The number of pyridine rings is 1. The molecule has 0 amide bonds. The molecule has 1 aromatic carbocycles. The Balaban J connectivity index is 2.38. The monoisotopic (exact) mass is 242 g/mol. The molecule has 1 heterocycles. The fourth-order valence-electron chi connectivity index (χ4n) is 2.39. The third-order valence-corrected chi connectivity index (χ3v) is 3.76. The molecule has 0 saturated heterocycles. The molecule has 0 aliphatic heterocycles. The van der Waals surface area contributed by atoms with E-state index in [1.165, 1.54) is 22.8 Å². The average molecular weight is 242 g/mol. The minimum atomic E-state index is 0.388. The molecular formula is C16H22N2. The van der Waals surface area contributed by atoms with E-state index < -0.39 is 0 Å². The Morgan fingerprint density at radius 1 is 1.22 bits per heavy atom. The SMILES string of the molecule is CCC(C)CC(NC)c1cncc2ccccc12. The van der Waals surface area contributed by atoms with Crippen LogP contribution in [0.5, 0.6) is 0 Å². The lowest BCUT2D eigenvalue weighted by Crippen LogP contribution is -2.19. The second kappa shape index (κ2) is 5.96. The van der Waals surface area contributed by atoms with Gasteiger partial charge < -0.3 is 5.32 Å². The van der Waals surface area contributed by atoms with Crippen LogP contribution in [0.2, 0.25) is 0 Å². The standard InChI is InChI=1S/C16H22N2/c1-4-12(2)9-16(17-3)15-11-18-10-13-7-5-6-8-14(13)15/h5-8,10-12,16-17H,4,9H2,1-3H3. The Morgan fingerprint density at radius 3 is 2.72 bits per heavy atom. The Kier molecular flexibility index (Phi) is 4.32. The maximum atomic E-state index is 4.37. The van der Waals surface area contributed by atoms with E-state index in [0.29, 0.717) is 6.04 Å². The second-order valence-corrected chi connectivity index (χ2v) is 5.04. The molecule has 2 unspecified atom stereocenters. The number of nitrogens with zero attached hydrogens (tertiary/aromatic N) is 1. The predicted molar refractivity (Wildman–Crippen MR) is 77.6 cm³/mol. The van der Waals surface area contributed by atoms with Gasteiger partial charge >= 0.3 is 0 Å². The lowest BCUT2D eigenvalue weighted by atomic mass is 9.92. The van der Waals surface area contributed by atoms with Crippen molar-refractivity contribution in [3.63, 3.8) is 0 Å². The first-order chi connectivity index (χ1) is 8.76. The number of benzene rings is 1. The lowest BCUT2D eigenvalue weighted by molar-refractivity contribution is 0.423. The minimum absolute atomic E-state index is 0.388. The van der Waals surface area contributed by atoms with Gasteiger partial charge in [-0.2, -0.15) is 0 Å². The van der Waals surface area contributed by atoms with E-state index in [0.717, 1.165) is 12.3 Å². The summed E-state index contributed by atoms with van der Waals surface area (Å²) in [5.74, 6) is 0.724. The highest BCUT2D eigenvalue weighted by Gasteiger charge is 2.15. The number of hydrogen-bond acceptors (Lipinski definition) is 2. The van der Waals surface area contributed by atoms with E-state index in [9.17, 15) is 0 Å². The van der Waals surface area contributed by atoms with Gasteiger partial charge in [0.1, 0.15) is 0 Å². The highest BCUT2D eigenvalue weighted by Crippen LogP contribution is 2.28. The predicted octanol–water partition coefficient (Wildman–Crippen LogP) is 3.93. The molecule has 96 valence electrons. The van der Waals surface area contributed by atoms with Crippen LogP contribution in [0.3, 0.4) is 0 Å². The smallest absolute Gasteiger partial charge is 0.0346 e. The van der Waals surface area contributed by atoms with E-state index >= 15 is 0 Å². The van der Waals surface area contributed by atoms with Gasteiger partial charge in [-0.1, -0.05) is 44.5 Å². The van der Waals surface area contributed by atoms with Crippen LogP contribution in [0.15, 0.2) is 36.7 Å². The molecule has 2 nitrogen and oxygen atoms in total. The first kappa shape index (κ1) is 13.0. The van der Waals surface area contributed by atoms with Crippen LogP contribution in [-0.2, 0) is 0 Å². The first-order valence-electron chi connectivity index (χ1n) is 6.76. The molecule has 0 bridgehead atoms. The molecule has 2 aromatic rings. The summed E-state index contributed by atoms with van der Waals surface area (Å²) in [6.45, 7) is 4.56. The summed E-state index contributed by atoms with van der Waals surface area (Å²) in [6.07, 6.45) is 6.32. The van der Waals surface area contributed by atoms with Gasteiger partial charge in [-0.15, -0.1) is 0 Å². The third-order valence-electron chi connectivity index (χ3n) is 3.76. The highest BCUT2D eigenvalue weighted by atomic mass is 14.9. The number of hydrogen-bond donors (Lipinski definition) is 1. The van der Waals surface area contributed by atoms with Crippen molar-refractivity contribution in [1.82, 2.24) is 10.3 Å². The number of aromatic nitrogens is 1. The summed E-state index contributed by atoms with van der Waals surface area (Å²) in [7, 11) is 2.04. The zero-order valence-corrected chi connectivity index (χ0v) is 11.5. The first-order valence-corrected chi connectivity index (χ1v) is 6.76. The number of nitrogens with one attached hydrogen (secondary N) is 1. The van der Waals surface area contributed by atoms with Crippen LogP contribution >= 0.6 is 0 Å². The van der Waals surface area contributed by atoms with Crippen LogP contribution in [0.1, 0.15) is 38.3 Å². The molecule has 0 saturated carbocycles. The molecular weight excluding hydrogens is 220 g/mol. The van der Waals surface area contributed by atoms with Gasteiger partial charge in [-0.05, 0) is 30.3 Å². The van der Waals surface area contributed by atoms with Crippen LogP contribution in [0.4, 0.5) is 0 Å². The molecule has 0 radical (unpaired) electrons. The van der Waals surface area contributed by atoms with Crippen molar-refractivity contribution in [2.45, 2.75) is 32.7 Å². The quantitative estimate of drug-likeness (QED) is 0.859. The number of rotatable bonds is 5. The fourth-order valence-corrected chi connectivity index (χ4v) is 2.39. The van der Waals surface area contributed by atoms with Crippen molar-refractivity contribution in [1.29, 1.82) is 0 Å². The zero-order chi connectivity index (χ0) is 13.0. The van der Waals surface area contributed by atoms with Crippen molar-refractivity contribution in [2.75, 3.05) is 7.05 Å². The summed E-state index contributed by atoms with van der Waals surface area (Å²) < 4.78 is 0. The molecule has 2 atom stereocenters. The van der Waals surface area contributed by atoms with Crippen LogP contribution in [0, 0.1) is 5.92 Å². The van der Waals surface area contributed by atoms with Crippen molar-refractivity contribution in [3.8, 4) is 0 Å². The molecule has 2 heteroatoms. The maximum Gasteiger partial charge on any atom is 0.0346 e. The molecule has 2 rings (SSSR count). The van der Waals surface area contributed by atoms with Gasteiger partial charge in [0.05, 0.1) is 0 Å². The van der Waals surface area contributed by atoms with E-state index in [-0.39, 0.29) is 0 Å². The van der Waals surface area contributed by atoms with Gasteiger partial charge in [-0.3, -0.25) is 4.98 Å². The van der Waals surface area contributed by atoms with Crippen LogP contribution < -0.4 is 5.32 Å². The van der Waals surface area contributed by atoms with Crippen LogP contribution in [0.25, 0.3) is 10.8 Å². The summed E-state index contributed by atoms with van der Waals surface area (Å²) in [5.41, 5.74) is 1.32. The molecule has 0 aliphatic carbocycles. The molecule has 1 N–H and O–H groups in total. The molecule has 1 aromatic heterocycles. The Bertz CT molecular complexity index is 502. The van der Waals surface area contributed by atoms with Gasteiger partial charge in [0, 0.05) is 23.8 Å². The van der Waals surface area contributed by atoms with Gasteiger partial charge in [0.2, 0.25) is 0 Å². The van der Waals surface area contributed by atoms with Gasteiger partial charge in [0.15, 0.2) is 0 Å².